The third kappa shape index (κ3) is 4.17. The van der Waals surface area contributed by atoms with Crippen LogP contribution < -0.4 is 0 Å². The summed E-state index contributed by atoms with van der Waals surface area (Å²) in [6.45, 7) is 9.32. The van der Waals surface area contributed by atoms with Crippen LogP contribution in [0.4, 0.5) is 0 Å². The molecule has 0 aliphatic carbocycles. The summed E-state index contributed by atoms with van der Waals surface area (Å²) < 4.78 is 5.10. The van der Waals surface area contributed by atoms with Gasteiger partial charge in [-0.2, -0.15) is 0 Å². The van der Waals surface area contributed by atoms with Crippen LogP contribution in [0, 0.1) is 0 Å². The topological polar surface area (TPSA) is 9.23 Å². The molecule has 0 radical (unpaired) electrons. The molecule has 0 aromatic rings. The van der Waals surface area contributed by atoms with E-state index in [1.165, 1.54) is 0 Å². The van der Waals surface area contributed by atoms with Gasteiger partial charge in [0.1, 0.15) is 0 Å². The molecule has 0 rings (SSSR count). The molecule has 0 bridgehead atoms. The summed E-state index contributed by atoms with van der Waals surface area (Å²) in [6, 6.07) is 0.225. The first-order valence-corrected chi connectivity index (χ1v) is 3.67. The predicted octanol–water partition coefficient (Wildman–Crippen LogP) is 0.708. The summed E-state index contributed by atoms with van der Waals surface area (Å²) in [7, 11) is 0.574. The number of hydrogen-bond donors (Lipinski definition) is 0. The molecule has 7 heavy (non-hydrogen) atoms. The first-order chi connectivity index (χ1) is 3.31. The Morgan fingerprint density at radius 2 is 2.43 bits per heavy atom. The van der Waals surface area contributed by atoms with Gasteiger partial charge in [-0.05, 0) is 0 Å². The molecule has 0 saturated carbocycles. The molecule has 40 valence electrons. The molecule has 2 atom stereocenters. The third-order valence-electron chi connectivity index (χ3n) is 0.636. The van der Waals surface area contributed by atoms with Crippen molar-refractivity contribution in [3.8, 4) is 0 Å². The van der Waals surface area contributed by atoms with Crippen molar-refractivity contribution in [2.45, 2.75) is 12.9 Å². The van der Waals surface area contributed by atoms with Crippen molar-refractivity contribution in [1.29, 1.82) is 0 Å². The van der Waals surface area contributed by atoms with E-state index in [4.69, 9.17) is 4.52 Å². The zero-order valence-corrected chi connectivity index (χ0v) is 5.77. The molecule has 0 spiro atoms. The van der Waals surface area contributed by atoms with E-state index in [1.807, 2.05) is 13.6 Å². The van der Waals surface area contributed by atoms with Crippen molar-refractivity contribution in [2.75, 3.05) is 6.66 Å². The van der Waals surface area contributed by atoms with Gasteiger partial charge in [0.15, 0.2) is 0 Å². The molecule has 2 unspecified atom stereocenters. The van der Waals surface area contributed by atoms with Gasteiger partial charge in [-0.1, -0.05) is 0 Å². The van der Waals surface area contributed by atoms with Gasteiger partial charge in [0.2, 0.25) is 0 Å². The van der Waals surface area contributed by atoms with Crippen molar-refractivity contribution in [2.24, 2.45) is 0 Å². The summed E-state index contributed by atoms with van der Waals surface area (Å²) >= 11 is 0. The molecule has 0 aromatic heterocycles. The summed E-state index contributed by atoms with van der Waals surface area (Å²) in [5.74, 6) is 0. The maximum atomic E-state index is 5.10. The second kappa shape index (κ2) is 4.48. The Hall–Kier alpha value is 0.325. The van der Waals surface area contributed by atoms with Crippen LogP contribution in [-0.2, 0) is 4.52 Å². The van der Waals surface area contributed by atoms with Gasteiger partial charge < -0.3 is 0 Å². The first-order valence-electron chi connectivity index (χ1n) is 2.26. The Bertz CT molecular complexity index is 57.7. The summed E-state index contributed by atoms with van der Waals surface area (Å²) in [6.07, 6.45) is 0. The van der Waals surface area contributed by atoms with Crippen molar-refractivity contribution in [1.82, 2.24) is 0 Å². The van der Waals surface area contributed by atoms with Crippen molar-refractivity contribution < 1.29 is 4.52 Å². The first kappa shape index (κ1) is 7.32. The summed E-state index contributed by atoms with van der Waals surface area (Å²) in [4.78, 5) is 0. The normalized spacial score (nSPS) is 14.6. The minimum atomic E-state index is 0.225. The van der Waals surface area contributed by atoms with Crippen LogP contribution in [0.15, 0.2) is 0 Å². The van der Waals surface area contributed by atoms with Gasteiger partial charge in [-0.15, -0.1) is 0 Å². The molecule has 0 aliphatic rings. The minimum absolute atomic E-state index is 0.225. The van der Waals surface area contributed by atoms with E-state index in [9.17, 15) is 0 Å². The van der Waals surface area contributed by atoms with Crippen LogP contribution in [0.1, 0.15) is 6.92 Å². The van der Waals surface area contributed by atoms with Gasteiger partial charge in [-0.25, -0.2) is 0 Å². The molecule has 0 heterocycles. The van der Waals surface area contributed by atoms with Gasteiger partial charge >= 0.3 is 46.3 Å². The van der Waals surface area contributed by atoms with Crippen LogP contribution in [-0.4, -0.2) is 26.1 Å². The monoisotopic (exact) mass is 116 g/mol. The fraction of sp³-hybridized carbons (Fsp3) is 0.750. The zero-order valence-electron chi connectivity index (χ0n) is 4.77. The van der Waals surface area contributed by atoms with Gasteiger partial charge in [0, 0.05) is 0 Å². The van der Waals surface area contributed by atoms with E-state index in [0.717, 1.165) is 0 Å². The molecular formula is C4H10BOP. The Kier molecular flexibility index (Phi) is 4.69. The van der Waals surface area contributed by atoms with Crippen LogP contribution >= 0.6 is 8.81 Å². The maximum absolute atomic E-state index is 5.10. The van der Waals surface area contributed by atoms with Crippen LogP contribution in [0.2, 0.25) is 0 Å². The van der Waals surface area contributed by atoms with Crippen LogP contribution in [0.3, 0.4) is 0 Å². The van der Waals surface area contributed by atoms with E-state index >= 15 is 0 Å². The molecule has 0 N–H and O–H groups in total. The standard InChI is InChI=1S/C4H10BOP/c1-4(5-2)6-7-3/h4,7H,2H2,1,3H3. The summed E-state index contributed by atoms with van der Waals surface area (Å²) in [5, 5.41) is 0. The van der Waals surface area contributed by atoms with E-state index < -0.39 is 0 Å². The van der Waals surface area contributed by atoms with E-state index in [-0.39, 0.29) is 6.00 Å². The van der Waals surface area contributed by atoms with Crippen LogP contribution in [0.25, 0.3) is 0 Å². The summed E-state index contributed by atoms with van der Waals surface area (Å²) in [5.41, 5.74) is 0. The number of rotatable bonds is 3. The molecule has 3 heteroatoms. The third-order valence-corrected chi connectivity index (χ3v) is 1.24. The average molecular weight is 116 g/mol. The van der Waals surface area contributed by atoms with Crippen molar-refractivity contribution >= 4 is 22.2 Å². The average Bonchev–Trinajstić information content (AvgIpc) is 1.68. The Balaban J connectivity index is 2.98. The second-order valence-corrected chi connectivity index (χ2v) is 1.91. The quantitative estimate of drug-likeness (QED) is 0.389. The van der Waals surface area contributed by atoms with Crippen molar-refractivity contribution in [3.63, 3.8) is 0 Å². The van der Waals surface area contributed by atoms with Crippen LogP contribution in [0.5, 0.6) is 0 Å². The van der Waals surface area contributed by atoms with E-state index in [2.05, 4.69) is 6.47 Å². The zero-order chi connectivity index (χ0) is 5.70. The Morgan fingerprint density at radius 3 is 2.57 bits per heavy atom. The fourth-order valence-electron chi connectivity index (χ4n) is 0.234. The molecule has 0 aliphatic heterocycles. The Labute approximate surface area is 47.2 Å². The Morgan fingerprint density at radius 1 is 1.86 bits per heavy atom. The van der Waals surface area contributed by atoms with E-state index in [1.54, 1.807) is 6.92 Å². The fourth-order valence-corrected chi connectivity index (χ4v) is 0.702. The second-order valence-electron chi connectivity index (χ2n) is 1.26. The molecular weight excluding hydrogens is 106 g/mol. The molecule has 1 nitrogen and oxygen atoms in total. The molecule has 0 amide bonds. The van der Waals surface area contributed by atoms with Gasteiger partial charge in [-0.3, -0.25) is 0 Å². The predicted molar refractivity (Wildman–Crippen MR) is 37.7 cm³/mol. The molecule has 0 fully saturated rings. The van der Waals surface area contributed by atoms with Gasteiger partial charge in [0.25, 0.3) is 0 Å². The van der Waals surface area contributed by atoms with E-state index in [0.29, 0.717) is 8.81 Å². The number of hydrogen-bond acceptors (Lipinski definition) is 1. The molecule has 0 aromatic carbocycles. The SMILES string of the molecule is C=BC(C)OPC. The van der Waals surface area contributed by atoms with Crippen molar-refractivity contribution in [3.05, 3.63) is 0 Å². The van der Waals surface area contributed by atoms with Gasteiger partial charge in [0.05, 0.1) is 0 Å². The molecule has 0 saturated heterocycles.